The largest absolute Gasteiger partial charge is 0.493 e. The Bertz CT molecular complexity index is 716. The molecular weight excluding hydrogens is 336 g/mol. The minimum atomic E-state index is -0.309. The standard InChI is InChI=1S/C20H23ClN2O2/c1-2-3-4-7-13-25-19-12-6-5-9-17(19)15-22-23-20(24)16-10-8-11-18(21)14-16/h5-6,8-12,14-15H,2-4,7,13H2,1H3,(H,23,24)/b22-15-. The van der Waals surface area contributed by atoms with Gasteiger partial charge in [0.15, 0.2) is 0 Å². The van der Waals surface area contributed by atoms with Crippen molar-refractivity contribution in [3.63, 3.8) is 0 Å². The van der Waals surface area contributed by atoms with Crippen LogP contribution in [0.2, 0.25) is 5.02 Å². The number of hydrogen-bond donors (Lipinski definition) is 1. The average Bonchev–Trinajstić information content (AvgIpc) is 2.62. The van der Waals surface area contributed by atoms with Gasteiger partial charge in [-0.05, 0) is 36.8 Å². The zero-order chi connectivity index (χ0) is 17.9. The van der Waals surface area contributed by atoms with E-state index in [1.807, 2.05) is 24.3 Å². The number of benzene rings is 2. The number of amides is 1. The van der Waals surface area contributed by atoms with Crippen molar-refractivity contribution in [2.24, 2.45) is 5.10 Å². The third-order valence-electron chi connectivity index (χ3n) is 3.63. The Hall–Kier alpha value is -2.33. The van der Waals surface area contributed by atoms with Crippen molar-refractivity contribution in [2.45, 2.75) is 32.6 Å². The van der Waals surface area contributed by atoms with Gasteiger partial charge < -0.3 is 4.74 Å². The monoisotopic (exact) mass is 358 g/mol. The van der Waals surface area contributed by atoms with E-state index in [0.717, 1.165) is 17.7 Å². The van der Waals surface area contributed by atoms with Crippen LogP contribution < -0.4 is 10.2 Å². The van der Waals surface area contributed by atoms with Gasteiger partial charge in [-0.3, -0.25) is 4.79 Å². The number of hydrogen-bond acceptors (Lipinski definition) is 3. The van der Waals surface area contributed by atoms with Crippen molar-refractivity contribution in [2.75, 3.05) is 6.61 Å². The van der Waals surface area contributed by atoms with Crippen molar-refractivity contribution >= 4 is 23.7 Å². The van der Waals surface area contributed by atoms with Crippen LogP contribution in [-0.2, 0) is 0 Å². The Morgan fingerprint density at radius 3 is 2.80 bits per heavy atom. The van der Waals surface area contributed by atoms with Crippen molar-refractivity contribution < 1.29 is 9.53 Å². The molecule has 0 heterocycles. The molecule has 2 rings (SSSR count). The number of ether oxygens (including phenoxy) is 1. The molecule has 5 heteroatoms. The fourth-order valence-corrected chi connectivity index (χ4v) is 2.47. The SMILES string of the molecule is CCCCCCOc1ccccc1/C=N\NC(=O)c1cccc(Cl)c1. The summed E-state index contributed by atoms with van der Waals surface area (Å²) < 4.78 is 5.82. The van der Waals surface area contributed by atoms with E-state index in [1.54, 1.807) is 30.5 Å². The van der Waals surface area contributed by atoms with Crippen molar-refractivity contribution in [3.8, 4) is 5.75 Å². The Balaban J connectivity index is 1.91. The molecule has 2 aromatic rings. The first kappa shape index (κ1) is 19.0. The fourth-order valence-electron chi connectivity index (χ4n) is 2.28. The molecule has 2 aromatic carbocycles. The van der Waals surface area contributed by atoms with Crippen LogP contribution in [0.25, 0.3) is 0 Å². The molecule has 0 atom stereocenters. The first-order valence-corrected chi connectivity index (χ1v) is 8.89. The van der Waals surface area contributed by atoms with Gasteiger partial charge in [-0.25, -0.2) is 5.43 Å². The molecule has 1 amide bonds. The van der Waals surface area contributed by atoms with E-state index >= 15 is 0 Å². The lowest BCUT2D eigenvalue weighted by Crippen LogP contribution is -2.17. The molecule has 0 aliphatic rings. The van der Waals surface area contributed by atoms with Crippen LogP contribution in [-0.4, -0.2) is 18.7 Å². The minimum absolute atomic E-state index is 0.309. The van der Waals surface area contributed by atoms with E-state index in [4.69, 9.17) is 16.3 Å². The summed E-state index contributed by atoms with van der Waals surface area (Å²) in [4.78, 5) is 12.0. The van der Waals surface area contributed by atoms with Crippen molar-refractivity contribution in [1.82, 2.24) is 5.43 Å². The molecule has 0 aliphatic heterocycles. The predicted octanol–water partition coefficient (Wildman–Crippen LogP) is 5.06. The number of nitrogens with zero attached hydrogens (tertiary/aromatic N) is 1. The highest BCUT2D eigenvalue weighted by molar-refractivity contribution is 6.30. The molecule has 0 fully saturated rings. The number of hydrazone groups is 1. The predicted molar refractivity (Wildman–Crippen MR) is 103 cm³/mol. The second-order valence-corrected chi connectivity index (χ2v) is 6.09. The quantitative estimate of drug-likeness (QED) is 0.387. The Labute approximate surface area is 153 Å². The molecule has 1 N–H and O–H groups in total. The van der Waals surface area contributed by atoms with E-state index in [2.05, 4.69) is 17.5 Å². The van der Waals surface area contributed by atoms with Gasteiger partial charge in [0, 0.05) is 16.1 Å². The summed E-state index contributed by atoms with van der Waals surface area (Å²) in [6, 6.07) is 14.4. The number of carbonyl (C=O) groups excluding carboxylic acids is 1. The number of unbranched alkanes of at least 4 members (excludes halogenated alkanes) is 3. The van der Waals surface area contributed by atoms with Gasteiger partial charge in [0.25, 0.3) is 5.91 Å². The molecule has 0 saturated carbocycles. The lowest BCUT2D eigenvalue weighted by molar-refractivity contribution is 0.0955. The molecule has 132 valence electrons. The number of halogens is 1. The maximum absolute atomic E-state index is 12.0. The van der Waals surface area contributed by atoms with Gasteiger partial charge in [0.1, 0.15) is 5.75 Å². The lowest BCUT2D eigenvalue weighted by Gasteiger charge is -2.08. The number of carbonyl (C=O) groups is 1. The van der Waals surface area contributed by atoms with Gasteiger partial charge in [0.2, 0.25) is 0 Å². The topological polar surface area (TPSA) is 50.7 Å². The van der Waals surface area contributed by atoms with Crippen LogP contribution in [0.3, 0.4) is 0 Å². The van der Waals surface area contributed by atoms with Gasteiger partial charge in [0.05, 0.1) is 12.8 Å². The molecule has 0 aliphatic carbocycles. The zero-order valence-corrected chi connectivity index (χ0v) is 15.1. The van der Waals surface area contributed by atoms with Crippen LogP contribution in [0.1, 0.15) is 48.5 Å². The maximum Gasteiger partial charge on any atom is 0.271 e. The summed E-state index contributed by atoms with van der Waals surface area (Å²) >= 11 is 5.88. The summed E-state index contributed by atoms with van der Waals surface area (Å²) in [7, 11) is 0. The molecule has 4 nitrogen and oxygen atoms in total. The molecule has 0 aromatic heterocycles. The van der Waals surface area contributed by atoms with E-state index in [1.165, 1.54) is 19.3 Å². The normalized spacial score (nSPS) is 10.8. The first-order chi connectivity index (χ1) is 12.2. The second-order valence-electron chi connectivity index (χ2n) is 5.66. The first-order valence-electron chi connectivity index (χ1n) is 8.51. The highest BCUT2D eigenvalue weighted by atomic mass is 35.5. The average molecular weight is 359 g/mol. The minimum Gasteiger partial charge on any atom is -0.493 e. The van der Waals surface area contributed by atoms with Gasteiger partial charge in [-0.2, -0.15) is 5.10 Å². The van der Waals surface area contributed by atoms with E-state index in [9.17, 15) is 4.79 Å². The third-order valence-corrected chi connectivity index (χ3v) is 3.87. The Morgan fingerprint density at radius 2 is 2.00 bits per heavy atom. The summed E-state index contributed by atoms with van der Waals surface area (Å²) in [6.07, 6.45) is 6.22. The molecule has 0 bridgehead atoms. The van der Waals surface area contributed by atoms with Crippen molar-refractivity contribution in [1.29, 1.82) is 0 Å². The van der Waals surface area contributed by atoms with Crippen LogP contribution >= 0.6 is 11.6 Å². The lowest BCUT2D eigenvalue weighted by atomic mass is 10.2. The van der Waals surface area contributed by atoms with E-state index in [0.29, 0.717) is 17.2 Å². The second kappa shape index (κ2) is 10.5. The molecular formula is C20H23ClN2O2. The number of nitrogens with one attached hydrogen (secondary N) is 1. The number of para-hydroxylation sites is 1. The summed E-state index contributed by atoms with van der Waals surface area (Å²) in [5.74, 6) is 0.455. The van der Waals surface area contributed by atoms with Crippen LogP contribution in [0.4, 0.5) is 0 Å². The van der Waals surface area contributed by atoms with Gasteiger partial charge in [-0.1, -0.05) is 56.0 Å². The van der Waals surface area contributed by atoms with E-state index in [-0.39, 0.29) is 5.91 Å². The summed E-state index contributed by atoms with van der Waals surface area (Å²) in [6.45, 7) is 2.87. The van der Waals surface area contributed by atoms with Gasteiger partial charge in [-0.15, -0.1) is 0 Å². The van der Waals surface area contributed by atoms with Crippen LogP contribution in [0.5, 0.6) is 5.75 Å². The number of rotatable bonds is 9. The Kier molecular flexibility index (Phi) is 7.99. The molecule has 0 saturated heterocycles. The van der Waals surface area contributed by atoms with Crippen LogP contribution in [0.15, 0.2) is 53.6 Å². The maximum atomic E-state index is 12.0. The molecule has 25 heavy (non-hydrogen) atoms. The highest BCUT2D eigenvalue weighted by Gasteiger charge is 2.05. The Morgan fingerprint density at radius 1 is 1.16 bits per heavy atom. The zero-order valence-electron chi connectivity index (χ0n) is 14.4. The van der Waals surface area contributed by atoms with Gasteiger partial charge >= 0.3 is 0 Å². The molecule has 0 radical (unpaired) electrons. The molecule has 0 unspecified atom stereocenters. The third kappa shape index (κ3) is 6.59. The van der Waals surface area contributed by atoms with Crippen LogP contribution in [0, 0.1) is 0 Å². The molecule has 0 spiro atoms. The smallest absolute Gasteiger partial charge is 0.271 e. The van der Waals surface area contributed by atoms with E-state index < -0.39 is 0 Å². The highest BCUT2D eigenvalue weighted by Crippen LogP contribution is 2.16. The summed E-state index contributed by atoms with van der Waals surface area (Å²) in [5, 5.41) is 4.53. The summed E-state index contributed by atoms with van der Waals surface area (Å²) in [5.41, 5.74) is 3.79. The van der Waals surface area contributed by atoms with Crippen molar-refractivity contribution in [3.05, 3.63) is 64.7 Å². The fraction of sp³-hybridized carbons (Fsp3) is 0.300.